The summed E-state index contributed by atoms with van der Waals surface area (Å²) in [5.74, 6) is 0.386. The first-order chi connectivity index (χ1) is 9.47. The molecule has 20 heavy (non-hydrogen) atoms. The Morgan fingerprint density at radius 3 is 2.90 bits per heavy atom. The summed E-state index contributed by atoms with van der Waals surface area (Å²) in [6, 6.07) is 4.72. The van der Waals surface area contributed by atoms with Crippen molar-refractivity contribution >= 4 is 22.8 Å². The molecule has 0 radical (unpaired) electrons. The third-order valence-corrected chi connectivity index (χ3v) is 2.83. The first-order valence-corrected chi connectivity index (χ1v) is 6.43. The van der Waals surface area contributed by atoms with Gasteiger partial charge in [-0.3, -0.25) is 10.1 Å². The largest absolute Gasteiger partial charge is 0.423 e. The molecule has 7 heteroatoms. The minimum atomic E-state index is -0.514. The topological polar surface area (TPSA) is 101 Å². The highest BCUT2D eigenvalue weighted by Crippen LogP contribution is 2.27. The Kier molecular flexibility index (Phi) is 4.19. The smallest absolute Gasteiger partial charge is 0.298 e. The van der Waals surface area contributed by atoms with Crippen LogP contribution in [0.3, 0.4) is 0 Å². The summed E-state index contributed by atoms with van der Waals surface area (Å²) in [5.41, 5.74) is 0.459. The first-order valence-electron chi connectivity index (χ1n) is 6.43. The molecule has 0 aliphatic heterocycles. The number of aliphatic hydroxyl groups is 1. The lowest BCUT2D eigenvalue weighted by Gasteiger charge is -2.12. The Bertz CT molecular complexity index is 609. The van der Waals surface area contributed by atoms with Gasteiger partial charge in [0.15, 0.2) is 11.1 Å². The van der Waals surface area contributed by atoms with Crippen LogP contribution in [-0.4, -0.2) is 27.7 Å². The second-order valence-corrected chi connectivity index (χ2v) is 5.06. The Morgan fingerprint density at radius 2 is 2.25 bits per heavy atom. The second kappa shape index (κ2) is 5.87. The van der Waals surface area contributed by atoms with E-state index in [0.717, 1.165) is 0 Å². The molecule has 2 N–H and O–H groups in total. The number of oxazole rings is 1. The van der Waals surface area contributed by atoms with Crippen molar-refractivity contribution in [3.05, 3.63) is 28.3 Å². The lowest BCUT2D eigenvalue weighted by atomic mass is 10.1. The van der Waals surface area contributed by atoms with Gasteiger partial charge in [0.1, 0.15) is 0 Å². The van der Waals surface area contributed by atoms with Crippen molar-refractivity contribution < 1.29 is 14.4 Å². The zero-order valence-electron chi connectivity index (χ0n) is 11.4. The van der Waals surface area contributed by atoms with E-state index in [-0.39, 0.29) is 17.2 Å². The van der Waals surface area contributed by atoms with Crippen molar-refractivity contribution in [2.24, 2.45) is 5.92 Å². The van der Waals surface area contributed by atoms with Crippen molar-refractivity contribution in [2.45, 2.75) is 26.4 Å². The van der Waals surface area contributed by atoms with Crippen LogP contribution in [0.5, 0.6) is 0 Å². The average molecular weight is 279 g/mol. The molecule has 0 aliphatic rings. The number of hydrogen-bond acceptors (Lipinski definition) is 6. The molecule has 0 spiro atoms. The highest BCUT2D eigenvalue weighted by Gasteiger charge is 2.17. The number of aromatic nitrogens is 1. The van der Waals surface area contributed by atoms with Gasteiger partial charge in [0.05, 0.1) is 11.0 Å². The predicted octanol–water partition coefficient (Wildman–Crippen LogP) is 2.55. The van der Waals surface area contributed by atoms with Gasteiger partial charge in [-0.25, -0.2) is 0 Å². The van der Waals surface area contributed by atoms with Crippen LogP contribution in [0.1, 0.15) is 20.3 Å². The number of nitro benzene ring substituents is 1. The van der Waals surface area contributed by atoms with Gasteiger partial charge in [0, 0.05) is 12.6 Å². The van der Waals surface area contributed by atoms with Crippen molar-refractivity contribution in [3.63, 3.8) is 0 Å². The lowest BCUT2D eigenvalue weighted by molar-refractivity contribution is -0.383. The molecule has 0 aliphatic carbocycles. The van der Waals surface area contributed by atoms with Crippen LogP contribution in [0.4, 0.5) is 11.7 Å². The molecule has 1 heterocycles. The quantitative estimate of drug-likeness (QED) is 0.622. The van der Waals surface area contributed by atoms with Crippen LogP contribution >= 0.6 is 0 Å². The van der Waals surface area contributed by atoms with Crippen LogP contribution in [0.15, 0.2) is 22.6 Å². The summed E-state index contributed by atoms with van der Waals surface area (Å²) >= 11 is 0. The number of non-ortho nitro benzene ring substituents is 1. The van der Waals surface area contributed by atoms with Crippen LogP contribution in [-0.2, 0) is 0 Å². The van der Waals surface area contributed by atoms with Crippen LogP contribution in [0, 0.1) is 16.0 Å². The van der Waals surface area contributed by atoms with Crippen LogP contribution in [0.25, 0.3) is 11.1 Å². The Hall–Kier alpha value is -2.15. The van der Waals surface area contributed by atoms with E-state index in [9.17, 15) is 15.2 Å². The van der Waals surface area contributed by atoms with Crippen molar-refractivity contribution in [1.29, 1.82) is 0 Å². The number of nitrogens with one attached hydrogen (secondary N) is 1. The van der Waals surface area contributed by atoms with Gasteiger partial charge in [0.25, 0.3) is 11.7 Å². The fourth-order valence-corrected chi connectivity index (χ4v) is 1.99. The molecule has 1 unspecified atom stereocenters. The van der Waals surface area contributed by atoms with Gasteiger partial charge in [-0.2, -0.15) is 4.98 Å². The number of hydrogen-bond donors (Lipinski definition) is 2. The van der Waals surface area contributed by atoms with Crippen molar-refractivity contribution in [2.75, 3.05) is 11.9 Å². The Labute approximate surface area is 115 Å². The molecule has 1 aromatic carbocycles. The molecule has 0 bridgehead atoms. The number of benzene rings is 1. The number of nitro groups is 1. The SMILES string of the molecule is CC(C)CC(O)CNc1nc2c([N+](=O)[O-])cccc2o1. The highest BCUT2D eigenvalue weighted by atomic mass is 16.6. The van der Waals surface area contributed by atoms with Gasteiger partial charge < -0.3 is 14.8 Å². The zero-order valence-corrected chi connectivity index (χ0v) is 11.4. The number of para-hydroxylation sites is 1. The van der Waals surface area contributed by atoms with E-state index in [1.165, 1.54) is 6.07 Å². The molecule has 0 amide bonds. The van der Waals surface area contributed by atoms with E-state index in [2.05, 4.69) is 10.3 Å². The highest BCUT2D eigenvalue weighted by molar-refractivity contribution is 5.83. The van der Waals surface area contributed by atoms with E-state index < -0.39 is 11.0 Å². The third-order valence-electron chi connectivity index (χ3n) is 2.83. The van der Waals surface area contributed by atoms with Crippen molar-refractivity contribution in [3.8, 4) is 0 Å². The molecular weight excluding hydrogens is 262 g/mol. The van der Waals surface area contributed by atoms with Gasteiger partial charge in [-0.05, 0) is 18.4 Å². The Balaban J connectivity index is 2.12. The zero-order chi connectivity index (χ0) is 14.7. The van der Waals surface area contributed by atoms with Gasteiger partial charge in [-0.1, -0.05) is 19.9 Å². The summed E-state index contributed by atoms with van der Waals surface area (Å²) < 4.78 is 5.38. The lowest BCUT2D eigenvalue weighted by Crippen LogP contribution is -2.21. The third kappa shape index (κ3) is 3.24. The normalized spacial score (nSPS) is 12.8. The molecule has 0 fully saturated rings. The number of aliphatic hydroxyl groups excluding tert-OH is 1. The van der Waals surface area contributed by atoms with Crippen LogP contribution in [0.2, 0.25) is 0 Å². The van der Waals surface area contributed by atoms with Gasteiger partial charge in [-0.15, -0.1) is 0 Å². The van der Waals surface area contributed by atoms with Gasteiger partial charge >= 0.3 is 0 Å². The van der Waals surface area contributed by atoms with E-state index >= 15 is 0 Å². The van der Waals surface area contributed by atoms with Gasteiger partial charge in [0.2, 0.25) is 0 Å². The van der Waals surface area contributed by atoms with Crippen LogP contribution < -0.4 is 5.32 Å². The van der Waals surface area contributed by atoms with E-state index in [4.69, 9.17) is 4.42 Å². The van der Waals surface area contributed by atoms with E-state index in [1.54, 1.807) is 12.1 Å². The number of anilines is 1. The number of rotatable bonds is 6. The summed E-state index contributed by atoms with van der Waals surface area (Å²) in [4.78, 5) is 14.4. The molecule has 2 aromatic rings. The minimum absolute atomic E-state index is 0.0953. The molecule has 2 rings (SSSR count). The standard InChI is InChI=1S/C13H17N3O4/c1-8(2)6-9(17)7-14-13-15-12-10(16(18)19)4-3-5-11(12)20-13/h3-5,8-9,17H,6-7H2,1-2H3,(H,14,15). The minimum Gasteiger partial charge on any atom is -0.423 e. The van der Waals surface area contributed by atoms with Crippen molar-refractivity contribution in [1.82, 2.24) is 4.98 Å². The fraction of sp³-hybridized carbons (Fsp3) is 0.462. The second-order valence-electron chi connectivity index (χ2n) is 5.06. The molecular formula is C13H17N3O4. The Morgan fingerprint density at radius 1 is 1.50 bits per heavy atom. The molecule has 1 aromatic heterocycles. The molecule has 1 atom stereocenters. The predicted molar refractivity (Wildman–Crippen MR) is 74.6 cm³/mol. The average Bonchev–Trinajstić information content (AvgIpc) is 2.77. The molecule has 108 valence electrons. The summed E-state index contributed by atoms with van der Waals surface area (Å²) in [6.45, 7) is 4.33. The molecule has 7 nitrogen and oxygen atoms in total. The first kappa shape index (κ1) is 14.3. The summed E-state index contributed by atoms with van der Waals surface area (Å²) in [5, 5.41) is 23.5. The summed E-state index contributed by atoms with van der Waals surface area (Å²) in [7, 11) is 0. The number of fused-ring (bicyclic) bond motifs is 1. The van der Waals surface area contributed by atoms with E-state index in [0.29, 0.717) is 24.5 Å². The van der Waals surface area contributed by atoms with E-state index in [1.807, 2.05) is 13.8 Å². The summed E-state index contributed by atoms with van der Waals surface area (Å²) in [6.07, 6.45) is 0.146. The number of nitrogens with zero attached hydrogens (tertiary/aromatic N) is 2. The monoisotopic (exact) mass is 279 g/mol. The maximum absolute atomic E-state index is 10.9. The molecule has 0 saturated carbocycles. The molecule has 0 saturated heterocycles. The maximum atomic E-state index is 10.9. The fourth-order valence-electron chi connectivity index (χ4n) is 1.99. The maximum Gasteiger partial charge on any atom is 0.298 e.